The van der Waals surface area contributed by atoms with Crippen molar-refractivity contribution in [2.24, 2.45) is 0 Å². The van der Waals surface area contributed by atoms with Gasteiger partial charge in [-0.05, 0) is 18.2 Å². The Morgan fingerprint density at radius 1 is 1.39 bits per heavy atom. The molecular weight excluding hydrogens is 320 g/mol. The second-order valence-corrected chi connectivity index (χ2v) is 5.08. The molecule has 0 spiro atoms. The van der Waals surface area contributed by atoms with Crippen molar-refractivity contribution < 1.29 is 9.59 Å². The van der Waals surface area contributed by atoms with Crippen LogP contribution in [0, 0.1) is 0 Å². The monoisotopic (exact) mass is 332 g/mol. The summed E-state index contributed by atoms with van der Waals surface area (Å²) in [5.41, 5.74) is 0.939. The van der Waals surface area contributed by atoms with Crippen LogP contribution in [-0.4, -0.2) is 36.1 Å². The highest BCUT2D eigenvalue weighted by molar-refractivity contribution is 9.09. The number of nitrogens with zero attached hydrogens (tertiary/aromatic N) is 1. The Balaban J connectivity index is 2.94. The van der Waals surface area contributed by atoms with Crippen LogP contribution in [0.2, 0.25) is 5.02 Å². The molecule has 0 fully saturated rings. The van der Waals surface area contributed by atoms with Crippen molar-refractivity contribution in [3.05, 3.63) is 28.8 Å². The molecular formula is C12H14BrClN2O2. The molecule has 0 atom stereocenters. The van der Waals surface area contributed by atoms with Crippen molar-refractivity contribution in [2.45, 2.75) is 6.42 Å². The van der Waals surface area contributed by atoms with E-state index in [-0.39, 0.29) is 11.8 Å². The molecule has 0 aliphatic carbocycles. The van der Waals surface area contributed by atoms with E-state index in [2.05, 4.69) is 21.2 Å². The van der Waals surface area contributed by atoms with Crippen LogP contribution in [-0.2, 0) is 4.79 Å². The minimum atomic E-state index is -0.150. The van der Waals surface area contributed by atoms with Crippen LogP contribution in [0.5, 0.6) is 0 Å². The summed E-state index contributed by atoms with van der Waals surface area (Å²) in [6.45, 7) is 0. The number of amides is 2. The highest BCUT2D eigenvalue weighted by Gasteiger charge is 2.12. The first kappa shape index (κ1) is 15.0. The topological polar surface area (TPSA) is 49.4 Å². The fourth-order valence-electron chi connectivity index (χ4n) is 1.31. The maximum absolute atomic E-state index is 11.8. The summed E-state index contributed by atoms with van der Waals surface area (Å²) in [5.74, 6) is -0.286. The van der Waals surface area contributed by atoms with E-state index in [1.807, 2.05) is 0 Å². The first-order valence-electron chi connectivity index (χ1n) is 5.32. The van der Waals surface area contributed by atoms with Gasteiger partial charge in [0.15, 0.2) is 0 Å². The average Bonchev–Trinajstić information content (AvgIpc) is 2.31. The smallest absolute Gasteiger partial charge is 0.253 e. The number of nitrogens with one attached hydrogen (secondary N) is 1. The second-order valence-electron chi connectivity index (χ2n) is 3.88. The standard InChI is InChI=1S/C12H14BrClN2O2/c1-16(2)12(18)8-3-4-9(14)10(7-8)15-11(17)5-6-13/h3-4,7H,5-6H2,1-2H3,(H,15,17). The Morgan fingerprint density at radius 2 is 2.06 bits per heavy atom. The van der Waals surface area contributed by atoms with Crippen molar-refractivity contribution in [1.29, 1.82) is 0 Å². The first-order valence-corrected chi connectivity index (χ1v) is 6.82. The largest absolute Gasteiger partial charge is 0.345 e. The number of hydrogen-bond donors (Lipinski definition) is 1. The van der Waals surface area contributed by atoms with Gasteiger partial charge in [-0.15, -0.1) is 0 Å². The highest BCUT2D eigenvalue weighted by atomic mass is 79.9. The molecule has 1 aromatic rings. The van der Waals surface area contributed by atoms with Crippen molar-refractivity contribution >= 4 is 45.0 Å². The molecule has 98 valence electrons. The molecule has 0 saturated heterocycles. The zero-order chi connectivity index (χ0) is 13.7. The predicted octanol–water partition coefficient (Wildman–Crippen LogP) is 2.77. The van der Waals surface area contributed by atoms with Gasteiger partial charge in [0.2, 0.25) is 5.91 Å². The second kappa shape index (κ2) is 6.75. The molecule has 6 heteroatoms. The molecule has 0 aliphatic rings. The van der Waals surface area contributed by atoms with Crippen LogP contribution in [0.15, 0.2) is 18.2 Å². The molecule has 18 heavy (non-hydrogen) atoms. The number of carbonyl (C=O) groups is 2. The Labute approximate surface area is 119 Å². The van der Waals surface area contributed by atoms with E-state index in [4.69, 9.17) is 11.6 Å². The SMILES string of the molecule is CN(C)C(=O)c1ccc(Cl)c(NC(=O)CCBr)c1. The third-order valence-electron chi connectivity index (χ3n) is 2.22. The number of halogens is 2. The first-order chi connectivity index (χ1) is 8.45. The van der Waals surface area contributed by atoms with Gasteiger partial charge in [0.1, 0.15) is 0 Å². The molecule has 0 radical (unpaired) electrons. The minimum absolute atomic E-state index is 0.136. The van der Waals surface area contributed by atoms with Crippen LogP contribution in [0.3, 0.4) is 0 Å². The van der Waals surface area contributed by atoms with Crippen molar-refractivity contribution in [1.82, 2.24) is 4.90 Å². The average molecular weight is 334 g/mol. The molecule has 0 bridgehead atoms. The van der Waals surface area contributed by atoms with Gasteiger partial charge in [-0.1, -0.05) is 27.5 Å². The van der Waals surface area contributed by atoms with Crippen LogP contribution in [0.1, 0.15) is 16.8 Å². The van der Waals surface area contributed by atoms with Crippen molar-refractivity contribution in [2.75, 3.05) is 24.7 Å². The lowest BCUT2D eigenvalue weighted by molar-refractivity contribution is -0.115. The van der Waals surface area contributed by atoms with Gasteiger partial charge in [-0.3, -0.25) is 9.59 Å². The summed E-state index contributed by atoms with van der Waals surface area (Å²) < 4.78 is 0. The lowest BCUT2D eigenvalue weighted by Gasteiger charge is -2.12. The van der Waals surface area contributed by atoms with E-state index in [1.165, 1.54) is 4.90 Å². The molecule has 0 saturated carbocycles. The highest BCUT2D eigenvalue weighted by Crippen LogP contribution is 2.23. The van der Waals surface area contributed by atoms with Gasteiger partial charge in [-0.2, -0.15) is 0 Å². The third kappa shape index (κ3) is 3.99. The lowest BCUT2D eigenvalue weighted by atomic mass is 10.1. The molecule has 0 unspecified atom stereocenters. The summed E-state index contributed by atoms with van der Waals surface area (Å²) in [6, 6.07) is 4.81. The van der Waals surface area contributed by atoms with Gasteiger partial charge in [0.05, 0.1) is 10.7 Å². The van der Waals surface area contributed by atoms with Gasteiger partial charge in [0, 0.05) is 31.4 Å². The number of carbonyl (C=O) groups excluding carboxylic acids is 2. The number of benzene rings is 1. The van der Waals surface area contributed by atoms with Gasteiger partial charge < -0.3 is 10.2 Å². The van der Waals surface area contributed by atoms with E-state index in [9.17, 15) is 9.59 Å². The molecule has 4 nitrogen and oxygen atoms in total. The van der Waals surface area contributed by atoms with Gasteiger partial charge in [0.25, 0.3) is 5.91 Å². The van der Waals surface area contributed by atoms with E-state index >= 15 is 0 Å². The summed E-state index contributed by atoms with van der Waals surface area (Å²) in [6.07, 6.45) is 0.349. The molecule has 0 aliphatic heterocycles. The zero-order valence-electron chi connectivity index (χ0n) is 10.2. The third-order valence-corrected chi connectivity index (χ3v) is 2.94. The van der Waals surface area contributed by atoms with E-state index < -0.39 is 0 Å². The summed E-state index contributed by atoms with van der Waals surface area (Å²) in [7, 11) is 3.33. The Hall–Kier alpha value is -1.07. The van der Waals surface area contributed by atoms with E-state index in [0.29, 0.717) is 28.0 Å². The summed E-state index contributed by atoms with van der Waals surface area (Å²) in [5, 5.41) is 3.66. The van der Waals surface area contributed by atoms with E-state index in [0.717, 1.165) is 0 Å². The molecule has 2 amide bonds. The van der Waals surface area contributed by atoms with Crippen LogP contribution < -0.4 is 5.32 Å². The Bertz CT molecular complexity index is 463. The summed E-state index contributed by atoms with van der Waals surface area (Å²) in [4.78, 5) is 24.7. The van der Waals surface area contributed by atoms with Crippen LogP contribution >= 0.6 is 27.5 Å². The minimum Gasteiger partial charge on any atom is -0.345 e. The quantitative estimate of drug-likeness (QED) is 0.861. The summed E-state index contributed by atoms with van der Waals surface area (Å²) >= 11 is 9.16. The molecule has 1 rings (SSSR count). The molecule has 0 heterocycles. The maximum Gasteiger partial charge on any atom is 0.253 e. The van der Waals surface area contributed by atoms with Crippen molar-refractivity contribution in [3.8, 4) is 0 Å². The fraction of sp³-hybridized carbons (Fsp3) is 0.333. The maximum atomic E-state index is 11.8. The Morgan fingerprint density at radius 3 is 2.61 bits per heavy atom. The molecule has 1 N–H and O–H groups in total. The number of alkyl halides is 1. The lowest BCUT2D eigenvalue weighted by Crippen LogP contribution is -2.22. The van der Waals surface area contributed by atoms with Crippen LogP contribution in [0.4, 0.5) is 5.69 Å². The Kier molecular flexibility index (Phi) is 5.62. The fourth-order valence-corrected chi connectivity index (χ4v) is 1.84. The predicted molar refractivity (Wildman–Crippen MR) is 76.5 cm³/mol. The van der Waals surface area contributed by atoms with Crippen molar-refractivity contribution in [3.63, 3.8) is 0 Å². The molecule has 0 aromatic heterocycles. The number of anilines is 1. The molecule has 1 aromatic carbocycles. The van der Waals surface area contributed by atoms with Gasteiger partial charge in [-0.25, -0.2) is 0 Å². The van der Waals surface area contributed by atoms with E-state index in [1.54, 1.807) is 32.3 Å². The zero-order valence-corrected chi connectivity index (χ0v) is 12.5. The number of rotatable bonds is 4. The van der Waals surface area contributed by atoms with Crippen LogP contribution in [0.25, 0.3) is 0 Å². The number of hydrogen-bond acceptors (Lipinski definition) is 2. The van der Waals surface area contributed by atoms with Gasteiger partial charge >= 0.3 is 0 Å². The normalized spacial score (nSPS) is 10.0.